The number of benzene rings is 1. The average Bonchev–Trinajstić information content (AvgIpc) is 2.54. The molecule has 2 rings (SSSR count). The fourth-order valence-electron chi connectivity index (χ4n) is 2.52. The molecule has 0 radical (unpaired) electrons. The van der Waals surface area contributed by atoms with E-state index in [2.05, 4.69) is 19.2 Å². The highest BCUT2D eigenvalue weighted by atomic mass is 35.5. The van der Waals surface area contributed by atoms with Gasteiger partial charge in [0.25, 0.3) is 5.91 Å². The maximum atomic E-state index is 12.5. The van der Waals surface area contributed by atoms with Crippen molar-refractivity contribution < 1.29 is 14.3 Å². The minimum atomic E-state index is -0.247. The number of carbonyl (C=O) groups excluding carboxylic acids is 1. The Labute approximate surface area is 146 Å². The number of rotatable bonds is 6. The summed E-state index contributed by atoms with van der Waals surface area (Å²) in [6.45, 7) is 4.16. The number of nitrogens with one attached hydrogen (secondary N) is 1. The van der Waals surface area contributed by atoms with E-state index in [-0.39, 0.29) is 11.9 Å². The summed E-state index contributed by atoms with van der Waals surface area (Å²) in [5.74, 6) is 0.789. The van der Waals surface area contributed by atoms with Gasteiger partial charge in [-0.3, -0.25) is 4.79 Å². The maximum Gasteiger partial charge on any atom is 0.252 e. The topological polar surface area (TPSA) is 65.3 Å². The summed E-state index contributed by atoms with van der Waals surface area (Å²) in [6.07, 6.45) is 3.33. The minimum Gasteiger partial charge on any atom is -0.619 e. The molecule has 0 saturated carbocycles. The third-order valence-electron chi connectivity index (χ3n) is 3.64. The van der Waals surface area contributed by atoms with Gasteiger partial charge in [0, 0.05) is 22.7 Å². The summed E-state index contributed by atoms with van der Waals surface area (Å²) in [7, 11) is 1.59. The molecule has 128 valence electrons. The van der Waals surface area contributed by atoms with Gasteiger partial charge in [0.2, 0.25) is 0 Å². The van der Waals surface area contributed by atoms with E-state index >= 15 is 0 Å². The molecule has 1 amide bonds. The van der Waals surface area contributed by atoms with Crippen LogP contribution >= 0.6 is 11.6 Å². The quantitative estimate of drug-likeness (QED) is 0.641. The van der Waals surface area contributed by atoms with Crippen molar-refractivity contribution in [2.45, 2.75) is 26.3 Å². The first-order valence-electron chi connectivity index (χ1n) is 7.74. The monoisotopic (exact) mass is 348 g/mol. The van der Waals surface area contributed by atoms with Gasteiger partial charge in [-0.1, -0.05) is 25.4 Å². The molecule has 1 N–H and O–H groups in total. The lowest BCUT2D eigenvalue weighted by molar-refractivity contribution is -0.605. The predicted octanol–water partition coefficient (Wildman–Crippen LogP) is 3.50. The van der Waals surface area contributed by atoms with Gasteiger partial charge in [-0.15, -0.1) is 0 Å². The second-order valence-electron chi connectivity index (χ2n) is 5.99. The molecule has 0 aliphatic heterocycles. The molecule has 2 aromatic rings. The summed E-state index contributed by atoms with van der Waals surface area (Å²) in [4.78, 5) is 12.5. The summed E-state index contributed by atoms with van der Waals surface area (Å²) >= 11 is 6.12. The molecule has 0 bridgehead atoms. The zero-order valence-corrected chi connectivity index (χ0v) is 14.7. The third-order valence-corrected chi connectivity index (χ3v) is 3.88. The normalized spacial score (nSPS) is 12.0. The van der Waals surface area contributed by atoms with Crippen LogP contribution in [0.25, 0.3) is 0 Å². The summed E-state index contributed by atoms with van der Waals surface area (Å²) < 4.78 is 6.05. The van der Waals surface area contributed by atoms with Gasteiger partial charge >= 0.3 is 0 Å². The molecule has 6 heteroatoms. The van der Waals surface area contributed by atoms with Crippen LogP contribution in [0, 0.1) is 11.1 Å². The van der Waals surface area contributed by atoms with E-state index in [1.807, 2.05) is 6.07 Å². The van der Waals surface area contributed by atoms with Crippen LogP contribution in [0.1, 0.15) is 42.2 Å². The van der Waals surface area contributed by atoms with Gasteiger partial charge in [-0.05, 0) is 30.5 Å². The van der Waals surface area contributed by atoms with E-state index < -0.39 is 0 Å². The lowest BCUT2D eigenvalue weighted by Crippen LogP contribution is -2.31. The van der Waals surface area contributed by atoms with Crippen molar-refractivity contribution in [2.24, 2.45) is 5.92 Å². The molecule has 1 aromatic heterocycles. The Morgan fingerprint density at radius 1 is 1.29 bits per heavy atom. The number of ether oxygens (including phenoxy) is 1. The van der Waals surface area contributed by atoms with E-state index in [4.69, 9.17) is 16.3 Å². The fraction of sp³-hybridized carbons (Fsp3) is 0.333. The second-order valence-corrected chi connectivity index (χ2v) is 6.43. The number of halogens is 1. The fourth-order valence-corrected chi connectivity index (χ4v) is 2.70. The molecule has 1 aromatic carbocycles. The maximum absolute atomic E-state index is 12.5. The van der Waals surface area contributed by atoms with Crippen LogP contribution in [-0.2, 0) is 0 Å². The van der Waals surface area contributed by atoms with E-state index in [0.29, 0.717) is 27.0 Å². The standard InChI is InChI=1S/C18H21ClN2O3/c1-12(2)10-16(15-11-14(19)4-5-17(15)24-3)20-18(22)13-6-8-21(23)9-7-13/h4-9,11-12,16H,10H2,1-3H3,(H,20,22)/t16-/m1/s1. The minimum absolute atomic E-state index is 0.245. The number of pyridine rings is 1. The van der Waals surface area contributed by atoms with Crippen LogP contribution in [0.4, 0.5) is 0 Å². The van der Waals surface area contributed by atoms with Crippen molar-refractivity contribution in [2.75, 3.05) is 7.11 Å². The largest absolute Gasteiger partial charge is 0.619 e. The van der Waals surface area contributed by atoms with E-state index in [0.717, 1.165) is 12.0 Å². The lowest BCUT2D eigenvalue weighted by Gasteiger charge is -2.23. The van der Waals surface area contributed by atoms with Crippen LogP contribution in [0.3, 0.4) is 0 Å². The van der Waals surface area contributed by atoms with Crippen molar-refractivity contribution >= 4 is 17.5 Å². The highest BCUT2D eigenvalue weighted by Crippen LogP contribution is 2.32. The van der Waals surface area contributed by atoms with Crippen molar-refractivity contribution in [3.63, 3.8) is 0 Å². The SMILES string of the molecule is COc1ccc(Cl)cc1[C@@H](CC(C)C)NC(=O)c1cc[n+]([O-])cc1. The highest BCUT2D eigenvalue weighted by molar-refractivity contribution is 6.30. The van der Waals surface area contributed by atoms with E-state index in [1.54, 1.807) is 19.2 Å². The molecule has 24 heavy (non-hydrogen) atoms. The van der Waals surface area contributed by atoms with Gasteiger partial charge in [-0.25, -0.2) is 0 Å². The van der Waals surface area contributed by atoms with Gasteiger partial charge in [0.15, 0.2) is 12.4 Å². The third kappa shape index (κ3) is 4.61. The van der Waals surface area contributed by atoms with Crippen molar-refractivity contribution in [1.29, 1.82) is 0 Å². The Morgan fingerprint density at radius 2 is 1.96 bits per heavy atom. The number of carbonyl (C=O) groups is 1. The Morgan fingerprint density at radius 3 is 2.54 bits per heavy atom. The number of aromatic nitrogens is 1. The summed E-state index contributed by atoms with van der Waals surface area (Å²) in [5.41, 5.74) is 1.26. The summed E-state index contributed by atoms with van der Waals surface area (Å²) in [6, 6.07) is 8.09. The molecule has 5 nitrogen and oxygen atoms in total. The molecular formula is C18H21ClN2O3. The van der Waals surface area contributed by atoms with E-state index in [1.165, 1.54) is 24.5 Å². The Balaban J connectivity index is 2.30. The van der Waals surface area contributed by atoms with Gasteiger partial charge < -0.3 is 15.3 Å². The molecular weight excluding hydrogens is 328 g/mol. The number of methoxy groups -OCH3 is 1. The van der Waals surface area contributed by atoms with Crippen molar-refractivity contribution in [1.82, 2.24) is 5.32 Å². The number of amides is 1. The Kier molecular flexibility index (Phi) is 6.04. The number of nitrogens with zero attached hydrogens (tertiary/aromatic N) is 1. The number of hydrogen-bond donors (Lipinski definition) is 1. The van der Waals surface area contributed by atoms with Crippen LogP contribution in [-0.4, -0.2) is 13.0 Å². The molecule has 0 unspecified atom stereocenters. The highest BCUT2D eigenvalue weighted by Gasteiger charge is 2.21. The van der Waals surface area contributed by atoms with Gasteiger partial charge in [0.1, 0.15) is 5.75 Å². The lowest BCUT2D eigenvalue weighted by atomic mass is 9.96. The first-order chi connectivity index (χ1) is 11.4. The predicted molar refractivity (Wildman–Crippen MR) is 93.1 cm³/mol. The van der Waals surface area contributed by atoms with Gasteiger partial charge in [0.05, 0.1) is 18.7 Å². The van der Waals surface area contributed by atoms with Crippen molar-refractivity contribution in [3.8, 4) is 5.75 Å². The smallest absolute Gasteiger partial charge is 0.252 e. The molecule has 1 heterocycles. The molecule has 1 atom stereocenters. The molecule has 0 spiro atoms. The zero-order valence-electron chi connectivity index (χ0n) is 14.0. The zero-order chi connectivity index (χ0) is 17.7. The first-order valence-corrected chi connectivity index (χ1v) is 8.11. The second kappa shape index (κ2) is 8.02. The van der Waals surface area contributed by atoms with Gasteiger partial charge in [-0.2, -0.15) is 4.73 Å². The average molecular weight is 349 g/mol. The first kappa shape index (κ1) is 18.1. The summed E-state index contributed by atoms with van der Waals surface area (Å²) in [5, 5.41) is 14.7. The van der Waals surface area contributed by atoms with Crippen LogP contribution in [0.5, 0.6) is 5.75 Å². The molecule has 0 fully saturated rings. The molecule has 0 aliphatic rings. The van der Waals surface area contributed by atoms with Crippen LogP contribution < -0.4 is 14.8 Å². The van der Waals surface area contributed by atoms with E-state index in [9.17, 15) is 10.0 Å². The molecule has 0 aliphatic carbocycles. The van der Waals surface area contributed by atoms with Crippen LogP contribution in [0.15, 0.2) is 42.7 Å². The Hall–Kier alpha value is -2.27. The van der Waals surface area contributed by atoms with Crippen LogP contribution in [0.2, 0.25) is 5.02 Å². The molecule has 0 saturated heterocycles. The van der Waals surface area contributed by atoms with Crippen molar-refractivity contribution in [3.05, 3.63) is 64.1 Å². The number of hydrogen-bond acceptors (Lipinski definition) is 3. The Bertz CT molecular complexity index is 702.